The molecule has 0 fully saturated rings. The number of hydrogen-bond acceptors (Lipinski definition) is 4. The van der Waals surface area contributed by atoms with Crippen molar-refractivity contribution in [3.8, 4) is 11.5 Å². The van der Waals surface area contributed by atoms with Crippen LogP contribution in [0.5, 0.6) is 11.5 Å². The van der Waals surface area contributed by atoms with Gasteiger partial charge in [0.1, 0.15) is 18.1 Å². The van der Waals surface area contributed by atoms with E-state index < -0.39 is 0 Å². The van der Waals surface area contributed by atoms with E-state index in [-0.39, 0.29) is 5.91 Å². The number of nitrogens with two attached hydrogens (primary N) is 1. The number of methoxy groups -OCH3 is 1. The number of nitrogens with one attached hydrogen (secondary N) is 1. The number of amides is 1. The Kier molecular flexibility index (Phi) is 6.06. The van der Waals surface area contributed by atoms with Crippen LogP contribution in [0.1, 0.15) is 5.56 Å². The number of ether oxygens (including phenoxy) is 2. The highest BCUT2D eigenvalue weighted by Gasteiger charge is 1.97. The van der Waals surface area contributed by atoms with Gasteiger partial charge >= 0.3 is 0 Å². The lowest BCUT2D eigenvalue weighted by molar-refractivity contribution is -0.116. The average molecular weight is 312 g/mol. The van der Waals surface area contributed by atoms with Crippen molar-refractivity contribution in [3.63, 3.8) is 0 Å². The van der Waals surface area contributed by atoms with Crippen LogP contribution >= 0.6 is 0 Å². The van der Waals surface area contributed by atoms with Crippen LogP contribution in [-0.2, 0) is 4.79 Å². The van der Waals surface area contributed by atoms with Crippen molar-refractivity contribution in [1.82, 2.24) is 5.32 Å². The SMILES string of the molecule is COc1ccc(OCCNC(=O)/C=C/c2ccc(N)cc2)cc1. The molecule has 0 atom stereocenters. The number of rotatable bonds is 7. The van der Waals surface area contributed by atoms with Crippen LogP contribution in [0.3, 0.4) is 0 Å². The number of benzene rings is 2. The van der Waals surface area contributed by atoms with Gasteiger partial charge in [-0.15, -0.1) is 0 Å². The molecule has 0 aliphatic rings. The van der Waals surface area contributed by atoms with Gasteiger partial charge in [-0.2, -0.15) is 0 Å². The lowest BCUT2D eigenvalue weighted by Gasteiger charge is -2.07. The van der Waals surface area contributed by atoms with Crippen LogP contribution in [0, 0.1) is 0 Å². The Labute approximate surface area is 135 Å². The van der Waals surface area contributed by atoms with Crippen LogP contribution in [-0.4, -0.2) is 26.2 Å². The number of carbonyl (C=O) groups excluding carboxylic acids is 1. The predicted molar refractivity (Wildman–Crippen MR) is 91.4 cm³/mol. The third kappa shape index (κ3) is 5.74. The molecule has 0 bridgehead atoms. The van der Waals surface area contributed by atoms with Crippen LogP contribution < -0.4 is 20.5 Å². The van der Waals surface area contributed by atoms with Crippen molar-refractivity contribution in [2.75, 3.05) is 26.0 Å². The van der Waals surface area contributed by atoms with Gasteiger partial charge in [-0.3, -0.25) is 4.79 Å². The maximum atomic E-state index is 11.7. The van der Waals surface area contributed by atoms with Gasteiger partial charge in [-0.1, -0.05) is 12.1 Å². The Bertz CT molecular complexity index is 649. The smallest absolute Gasteiger partial charge is 0.244 e. The van der Waals surface area contributed by atoms with E-state index in [0.29, 0.717) is 18.8 Å². The second kappa shape index (κ2) is 8.48. The topological polar surface area (TPSA) is 73.6 Å². The molecule has 0 aliphatic heterocycles. The standard InChI is InChI=1S/C18H20N2O3/c1-22-16-7-9-17(10-8-16)23-13-12-20-18(21)11-4-14-2-5-15(19)6-3-14/h2-11H,12-13,19H2,1H3,(H,20,21)/b11-4+. The summed E-state index contributed by atoms with van der Waals surface area (Å²) >= 11 is 0. The third-order valence-electron chi connectivity index (χ3n) is 3.09. The second-order valence-electron chi connectivity index (χ2n) is 4.82. The first-order chi connectivity index (χ1) is 11.2. The van der Waals surface area contributed by atoms with Gasteiger partial charge in [0.25, 0.3) is 0 Å². The van der Waals surface area contributed by atoms with Crippen molar-refractivity contribution >= 4 is 17.7 Å². The highest BCUT2D eigenvalue weighted by molar-refractivity contribution is 5.91. The second-order valence-corrected chi connectivity index (χ2v) is 4.82. The molecule has 0 spiro atoms. The molecular formula is C18H20N2O3. The minimum atomic E-state index is -0.167. The maximum absolute atomic E-state index is 11.7. The van der Waals surface area contributed by atoms with Crippen LogP contribution in [0.4, 0.5) is 5.69 Å². The summed E-state index contributed by atoms with van der Waals surface area (Å²) in [5.41, 5.74) is 7.22. The third-order valence-corrected chi connectivity index (χ3v) is 3.09. The summed E-state index contributed by atoms with van der Waals surface area (Å²) in [4.78, 5) is 11.7. The van der Waals surface area contributed by atoms with E-state index in [1.807, 2.05) is 36.4 Å². The van der Waals surface area contributed by atoms with E-state index in [4.69, 9.17) is 15.2 Å². The molecule has 2 aromatic rings. The Balaban J connectivity index is 1.68. The molecule has 0 aromatic heterocycles. The van der Waals surface area contributed by atoms with E-state index in [2.05, 4.69) is 5.32 Å². The molecule has 2 aromatic carbocycles. The normalized spacial score (nSPS) is 10.5. The molecule has 0 saturated heterocycles. The molecule has 0 saturated carbocycles. The van der Waals surface area contributed by atoms with Gasteiger partial charge in [0.05, 0.1) is 13.7 Å². The number of anilines is 1. The highest BCUT2D eigenvalue weighted by atomic mass is 16.5. The zero-order valence-corrected chi connectivity index (χ0v) is 13.0. The Hall–Kier alpha value is -2.95. The predicted octanol–water partition coefficient (Wildman–Crippen LogP) is 2.49. The van der Waals surface area contributed by atoms with Gasteiger partial charge in [0, 0.05) is 11.8 Å². The molecule has 1 amide bonds. The summed E-state index contributed by atoms with van der Waals surface area (Å²) in [5, 5.41) is 2.76. The molecule has 120 valence electrons. The zero-order chi connectivity index (χ0) is 16.5. The first-order valence-electron chi connectivity index (χ1n) is 7.25. The van der Waals surface area contributed by atoms with Gasteiger partial charge in [0.2, 0.25) is 5.91 Å². The average Bonchev–Trinajstić information content (AvgIpc) is 2.59. The lowest BCUT2D eigenvalue weighted by Crippen LogP contribution is -2.26. The summed E-state index contributed by atoms with van der Waals surface area (Å²) in [5.74, 6) is 1.34. The minimum absolute atomic E-state index is 0.167. The van der Waals surface area contributed by atoms with Crippen molar-refractivity contribution in [2.45, 2.75) is 0 Å². The number of hydrogen-bond donors (Lipinski definition) is 2. The summed E-state index contributed by atoms with van der Waals surface area (Å²) in [6.07, 6.45) is 3.22. The highest BCUT2D eigenvalue weighted by Crippen LogP contribution is 2.16. The molecule has 23 heavy (non-hydrogen) atoms. The monoisotopic (exact) mass is 312 g/mol. The fraction of sp³-hybridized carbons (Fsp3) is 0.167. The number of carbonyl (C=O) groups is 1. The van der Waals surface area contributed by atoms with Crippen molar-refractivity contribution in [1.29, 1.82) is 0 Å². The fourth-order valence-electron chi connectivity index (χ4n) is 1.85. The maximum Gasteiger partial charge on any atom is 0.244 e. The van der Waals surface area contributed by atoms with E-state index in [9.17, 15) is 4.79 Å². The van der Waals surface area contributed by atoms with Crippen LogP contribution in [0.25, 0.3) is 6.08 Å². The summed E-state index contributed by atoms with van der Waals surface area (Å²) < 4.78 is 10.6. The molecule has 0 heterocycles. The lowest BCUT2D eigenvalue weighted by atomic mass is 10.2. The van der Waals surface area contributed by atoms with E-state index in [1.54, 1.807) is 25.3 Å². The van der Waals surface area contributed by atoms with Crippen molar-refractivity contribution in [3.05, 3.63) is 60.2 Å². The molecule has 0 aliphatic carbocycles. The summed E-state index contributed by atoms with van der Waals surface area (Å²) in [7, 11) is 1.61. The van der Waals surface area contributed by atoms with Gasteiger partial charge in [-0.05, 0) is 48.0 Å². The fourth-order valence-corrected chi connectivity index (χ4v) is 1.85. The Morgan fingerprint density at radius 3 is 2.39 bits per heavy atom. The largest absolute Gasteiger partial charge is 0.497 e. The van der Waals surface area contributed by atoms with Gasteiger partial charge < -0.3 is 20.5 Å². The molecule has 0 unspecified atom stereocenters. The molecule has 2 rings (SSSR count). The first kappa shape index (κ1) is 16.4. The Morgan fingerprint density at radius 2 is 1.74 bits per heavy atom. The molecule has 5 nitrogen and oxygen atoms in total. The summed E-state index contributed by atoms with van der Waals surface area (Å²) in [6, 6.07) is 14.6. The van der Waals surface area contributed by atoms with E-state index in [0.717, 1.165) is 17.1 Å². The summed E-state index contributed by atoms with van der Waals surface area (Å²) in [6.45, 7) is 0.824. The quantitative estimate of drug-likeness (QED) is 0.468. The molecule has 3 N–H and O–H groups in total. The van der Waals surface area contributed by atoms with Gasteiger partial charge in [0.15, 0.2) is 0 Å². The number of nitrogen functional groups attached to an aromatic ring is 1. The van der Waals surface area contributed by atoms with Crippen molar-refractivity contribution in [2.24, 2.45) is 0 Å². The first-order valence-corrected chi connectivity index (χ1v) is 7.25. The zero-order valence-electron chi connectivity index (χ0n) is 13.0. The van der Waals surface area contributed by atoms with Crippen molar-refractivity contribution < 1.29 is 14.3 Å². The van der Waals surface area contributed by atoms with E-state index >= 15 is 0 Å². The molecular weight excluding hydrogens is 292 g/mol. The molecule has 5 heteroatoms. The Morgan fingerprint density at radius 1 is 1.09 bits per heavy atom. The van der Waals surface area contributed by atoms with Gasteiger partial charge in [-0.25, -0.2) is 0 Å². The minimum Gasteiger partial charge on any atom is -0.497 e. The molecule has 0 radical (unpaired) electrons. The van der Waals surface area contributed by atoms with E-state index in [1.165, 1.54) is 6.08 Å². The van der Waals surface area contributed by atoms with Crippen LogP contribution in [0.2, 0.25) is 0 Å². The van der Waals surface area contributed by atoms with Crippen LogP contribution in [0.15, 0.2) is 54.6 Å².